The predicted octanol–water partition coefficient (Wildman–Crippen LogP) is 2.36. The second-order valence-electron chi connectivity index (χ2n) is 4.67. The van der Waals surface area contributed by atoms with Crippen LogP contribution in [0.1, 0.15) is 32.1 Å². The summed E-state index contributed by atoms with van der Waals surface area (Å²) in [4.78, 5) is 30.1. The third kappa shape index (κ3) is 3.07. The third-order valence-electron chi connectivity index (χ3n) is 3.12. The highest BCUT2D eigenvalue weighted by Gasteiger charge is 2.13. The normalized spacial score (nSPS) is 12.6. The van der Waals surface area contributed by atoms with E-state index in [9.17, 15) is 9.59 Å². The molecule has 0 spiro atoms. The van der Waals surface area contributed by atoms with Crippen LogP contribution in [-0.4, -0.2) is 21.6 Å². The van der Waals surface area contributed by atoms with Gasteiger partial charge in [-0.25, -0.2) is 4.98 Å². The van der Waals surface area contributed by atoms with Gasteiger partial charge in [-0.3, -0.25) is 14.2 Å². The fraction of sp³-hybridized carbons (Fsp3) is 0.500. The van der Waals surface area contributed by atoms with Crippen LogP contribution in [0.25, 0.3) is 10.2 Å². The van der Waals surface area contributed by atoms with Crippen LogP contribution in [0, 0.1) is 0 Å². The monoisotopic (exact) mass is 294 g/mol. The Labute approximate surface area is 121 Å². The van der Waals surface area contributed by atoms with Gasteiger partial charge in [-0.15, -0.1) is 11.3 Å². The Kier molecular flexibility index (Phi) is 4.54. The van der Waals surface area contributed by atoms with Crippen molar-refractivity contribution in [1.29, 1.82) is 0 Å². The van der Waals surface area contributed by atoms with Gasteiger partial charge in [0.2, 0.25) is 0 Å². The van der Waals surface area contributed by atoms with Gasteiger partial charge >= 0.3 is 5.97 Å². The van der Waals surface area contributed by atoms with E-state index >= 15 is 0 Å². The molecule has 5 nitrogen and oxygen atoms in total. The highest BCUT2D eigenvalue weighted by atomic mass is 32.1. The molecule has 20 heavy (non-hydrogen) atoms. The highest BCUT2D eigenvalue weighted by Crippen LogP contribution is 2.20. The second-order valence-corrected chi connectivity index (χ2v) is 5.79. The Balaban J connectivity index is 2.25. The maximum Gasteiger partial charge on any atom is 0.326 e. The molecule has 0 bridgehead atoms. The predicted molar refractivity (Wildman–Crippen MR) is 79.1 cm³/mol. The van der Waals surface area contributed by atoms with Crippen LogP contribution >= 0.6 is 11.3 Å². The third-order valence-corrected chi connectivity index (χ3v) is 4.31. The van der Waals surface area contributed by atoms with Crippen molar-refractivity contribution in [3.63, 3.8) is 0 Å². The SMILES string of the molecule is CCc1cc2c(=O)n(CC(=O)OC(C)CC)cnc2s1. The number of esters is 1. The van der Waals surface area contributed by atoms with Gasteiger partial charge in [-0.2, -0.15) is 0 Å². The number of ether oxygens (including phenoxy) is 1. The van der Waals surface area contributed by atoms with Crippen molar-refractivity contribution in [1.82, 2.24) is 9.55 Å². The van der Waals surface area contributed by atoms with E-state index in [2.05, 4.69) is 4.98 Å². The van der Waals surface area contributed by atoms with Gasteiger partial charge < -0.3 is 4.74 Å². The minimum atomic E-state index is -0.409. The first-order valence-electron chi connectivity index (χ1n) is 6.72. The minimum absolute atomic E-state index is 0.0938. The van der Waals surface area contributed by atoms with Crippen LogP contribution in [0.2, 0.25) is 0 Å². The zero-order chi connectivity index (χ0) is 14.7. The van der Waals surface area contributed by atoms with Gasteiger partial charge in [0.15, 0.2) is 0 Å². The van der Waals surface area contributed by atoms with Crippen molar-refractivity contribution in [2.75, 3.05) is 0 Å². The molecule has 0 aliphatic carbocycles. The van der Waals surface area contributed by atoms with Crippen molar-refractivity contribution >= 4 is 27.5 Å². The summed E-state index contributed by atoms with van der Waals surface area (Å²) in [5.41, 5.74) is -0.188. The molecule has 0 saturated carbocycles. The first kappa shape index (κ1) is 14.7. The summed E-state index contributed by atoms with van der Waals surface area (Å²) in [6, 6.07) is 1.85. The molecular formula is C14H18N2O3S. The number of thiophene rings is 1. The number of hydrogen-bond donors (Lipinski definition) is 0. The number of rotatable bonds is 5. The van der Waals surface area contributed by atoms with Gasteiger partial charge in [0.05, 0.1) is 17.8 Å². The van der Waals surface area contributed by atoms with Crippen LogP contribution in [0.15, 0.2) is 17.2 Å². The van der Waals surface area contributed by atoms with Gasteiger partial charge in [0.1, 0.15) is 11.4 Å². The molecule has 2 aromatic rings. The number of aryl methyl sites for hydroxylation is 1. The lowest BCUT2D eigenvalue weighted by molar-refractivity contribution is -0.149. The minimum Gasteiger partial charge on any atom is -0.461 e. The van der Waals surface area contributed by atoms with Crippen LogP contribution in [0.3, 0.4) is 0 Å². The Bertz CT molecular complexity index is 675. The van der Waals surface area contributed by atoms with Crippen molar-refractivity contribution in [2.45, 2.75) is 46.3 Å². The molecule has 0 saturated heterocycles. The molecule has 108 valence electrons. The zero-order valence-electron chi connectivity index (χ0n) is 11.9. The fourth-order valence-electron chi connectivity index (χ4n) is 1.78. The van der Waals surface area contributed by atoms with Gasteiger partial charge in [-0.1, -0.05) is 13.8 Å². The van der Waals surface area contributed by atoms with E-state index in [1.807, 2.05) is 26.8 Å². The summed E-state index contributed by atoms with van der Waals surface area (Å²) >= 11 is 1.51. The first-order valence-corrected chi connectivity index (χ1v) is 7.54. The summed E-state index contributed by atoms with van der Waals surface area (Å²) in [7, 11) is 0. The quantitative estimate of drug-likeness (QED) is 0.794. The van der Waals surface area contributed by atoms with Crippen molar-refractivity contribution < 1.29 is 9.53 Å². The van der Waals surface area contributed by atoms with E-state index in [4.69, 9.17) is 4.74 Å². The largest absolute Gasteiger partial charge is 0.461 e. The molecule has 2 rings (SSSR count). The molecule has 1 unspecified atom stereocenters. The lowest BCUT2D eigenvalue weighted by Crippen LogP contribution is -2.27. The van der Waals surface area contributed by atoms with Gasteiger partial charge in [0.25, 0.3) is 5.56 Å². The van der Waals surface area contributed by atoms with E-state index < -0.39 is 5.97 Å². The maximum absolute atomic E-state index is 12.3. The van der Waals surface area contributed by atoms with Gasteiger partial charge in [-0.05, 0) is 25.8 Å². The van der Waals surface area contributed by atoms with Gasteiger partial charge in [0, 0.05) is 4.88 Å². The standard InChI is InChI=1S/C14H18N2O3S/c1-4-9(3)19-12(17)7-16-8-15-13-11(14(16)18)6-10(5-2)20-13/h6,8-9H,4-5,7H2,1-3H3. The summed E-state index contributed by atoms with van der Waals surface area (Å²) < 4.78 is 6.48. The number of carbonyl (C=O) groups excluding carboxylic acids is 1. The number of carbonyl (C=O) groups is 1. The molecule has 0 radical (unpaired) electrons. The summed E-state index contributed by atoms with van der Waals surface area (Å²) in [5.74, 6) is -0.409. The summed E-state index contributed by atoms with van der Waals surface area (Å²) in [6.07, 6.45) is 2.90. The highest BCUT2D eigenvalue weighted by molar-refractivity contribution is 7.18. The van der Waals surface area contributed by atoms with E-state index in [-0.39, 0.29) is 18.2 Å². The molecule has 0 aliphatic rings. The van der Waals surface area contributed by atoms with E-state index in [1.54, 1.807) is 0 Å². The molecule has 0 aliphatic heterocycles. The maximum atomic E-state index is 12.3. The van der Waals surface area contributed by atoms with Crippen LogP contribution < -0.4 is 5.56 Å². The number of aromatic nitrogens is 2. The fourth-order valence-corrected chi connectivity index (χ4v) is 2.71. The van der Waals surface area contributed by atoms with Crippen LogP contribution in [0.4, 0.5) is 0 Å². The summed E-state index contributed by atoms with van der Waals surface area (Å²) in [5, 5.41) is 0.575. The van der Waals surface area contributed by atoms with Crippen molar-refractivity contribution in [3.05, 3.63) is 27.6 Å². The molecule has 0 fully saturated rings. The number of nitrogens with zero attached hydrogens (tertiary/aromatic N) is 2. The summed E-state index contributed by atoms with van der Waals surface area (Å²) in [6.45, 7) is 5.71. The topological polar surface area (TPSA) is 61.2 Å². The molecule has 0 aromatic carbocycles. The van der Waals surface area contributed by atoms with E-state index in [1.165, 1.54) is 22.2 Å². The Morgan fingerprint density at radius 1 is 1.50 bits per heavy atom. The van der Waals surface area contributed by atoms with Crippen LogP contribution in [0.5, 0.6) is 0 Å². The molecule has 2 aromatic heterocycles. The molecular weight excluding hydrogens is 276 g/mol. The first-order chi connectivity index (χ1) is 9.55. The average Bonchev–Trinajstić information content (AvgIpc) is 2.86. The molecule has 0 N–H and O–H groups in total. The van der Waals surface area contributed by atoms with Crippen LogP contribution in [-0.2, 0) is 22.5 Å². The molecule has 1 atom stereocenters. The second kappa shape index (κ2) is 6.17. The Morgan fingerprint density at radius 3 is 2.90 bits per heavy atom. The molecule has 0 amide bonds. The lowest BCUT2D eigenvalue weighted by Gasteiger charge is -2.11. The Hall–Kier alpha value is -1.69. The smallest absolute Gasteiger partial charge is 0.326 e. The number of hydrogen-bond acceptors (Lipinski definition) is 5. The molecule has 6 heteroatoms. The zero-order valence-corrected chi connectivity index (χ0v) is 12.7. The lowest BCUT2D eigenvalue weighted by atomic mass is 10.3. The van der Waals surface area contributed by atoms with Crippen molar-refractivity contribution in [3.8, 4) is 0 Å². The Morgan fingerprint density at radius 2 is 2.25 bits per heavy atom. The van der Waals surface area contributed by atoms with E-state index in [0.717, 1.165) is 22.5 Å². The van der Waals surface area contributed by atoms with E-state index in [0.29, 0.717) is 5.39 Å². The number of fused-ring (bicyclic) bond motifs is 1. The van der Waals surface area contributed by atoms with Crippen molar-refractivity contribution in [2.24, 2.45) is 0 Å². The average molecular weight is 294 g/mol. The molecule has 2 heterocycles.